The molecular weight excluding hydrogens is 238 g/mol. The second-order valence-electron chi connectivity index (χ2n) is 3.54. The van der Waals surface area contributed by atoms with Gasteiger partial charge in [0.1, 0.15) is 11.5 Å². The van der Waals surface area contributed by atoms with Crippen molar-refractivity contribution in [3.05, 3.63) is 47.0 Å². The number of rotatable bonds is 1. The number of nitriles is 1. The van der Waals surface area contributed by atoms with Crippen LogP contribution < -0.4 is 0 Å². The molecule has 0 spiro atoms. The maximum absolute atomic E-state index is 9.49. The summed E-state index contributed by atoms with van der Waals surface area (Å²) in [5.74, 6) is 0.0599. The first-order valence-corrected chi connectivity index (χ1v) is 5.21. The van der Waals surface area contributed by atoms with E-state index in [2.05, 4.69) is 0 Å². The third-order valence-corrected chi connectivity index (χ3v) is 2.64. The van der Waals surface area contributed by atoms with Crippen LogP contribution in [0.1, 0.15) is 5.56 Å². The SMILES string of the molecule is N#Cc1cc(O)cc(-c2cc(O)ccc2Cl)c1. The molecule has 4 heteroatoms. The molecule has 0 fully saturated rings. The molecule has 17 heavy (non-hydrogen) atoms. The average Bonchev–Trinajstić information content (AvgIpc) is 2.31. The van der Waals surface area contributed by atoms with E-state index in [9.17, 15) is 10.2 Å². The predicted octanol–water partition coefficient (Wildman–Crippen LogP) is 3.29. The quantitative estimate of drug-likeness (QED) is 0.810. The Morgan fingerprint density at radius 1 is 1.00 bits per heavy atom. The molecule has 2 aromatic rings. The zero-order valence-electron chi connectivity index (χ0n) is 8.68. The summed E-state index contributed by atoms with van der Waals surface area (Å²) < 4.78 is 0. The smallest absolute Gasteiger partial charge is 0.117 e. The summed E-state index contributed by atoms with van der Waals surface area (Å²) in [7, 11) is 0. The lowest BCUT2D eigenvalue weighted by Gasteiger charge is -2.06. The Labute approximate surface area is 103 Å². The molecule has 0 unspecified atom stereocenters. The zero-order chi connectivity index (χ0) is 12.4. The molecule has 84 valence electrons. The van der Waals surface area contributed by atoms with Gasteiger partial charge in [-0.1, -0.05) is 11.6 Å². The third-order valence-electron chi connectivity index (χ3n) is 2.31. The van der Waals surface area contributed by atoms with Crippen molar-refractivity contribution in [1.29, 1.82) is 5.26 Å². The Morgan fingerprint density at radius 3 is 2.47 bits per heavy atom. The third kappa shape index (κ3) is 2.32. The van der Waals surface area contributed by atoms with E-state index in [0.717, 1.165) is 0 Å². The number of nitrogens with zero attached hydrogens (tertiary/aromatic N) is 1. The van der Waals surface area contributed by atoms with Crippen molar-refractivity contribution in [3.8, 4) is 28.7 Å². The zero-order valence-corrected chi connectivity index (χ0v) is 9.44. The molecule has 0 saturated carbocycles. The van der Waals surface area contributed by atoms with E-state index in [1.54, 1.807) is 12.1 Å². The lowest BCUT2D eigenvalue weighted by Crippen LogP contribution is -1.82. The maximum Gasteiger partial charge on any atom is 0.117 e. The van der Waals surface area contributed by atoms with Crippen LogP contribution in [-0.4, -0.2) is 10.2 Å². The first-order chi connectivity index (χ1) is 8.10. The highest BCUT2D eigenvalue weighted by Crippen LogP contribution is 2.33. The molecule has 2 aromatic carbocycles. The minimum absolute atomic E-state index is 0.0153. The molecule has 0 saturated heterocycles. The van der Waals surface area contributed by atoms with Gasteiger partial charge in [0.05, 0.1) is 11.6 Å². The average molecular weight is 246 g/mol. The van der Waals surface area contributed by atoms with Crippen molar-refractivity contribution in [2.45, 2.75) is 0 Å². The molecule has 2 N–H and O–H groups in total. The first kappa shape index (κ1) is 11.3. The number of hydrogen-bond acceptors (Lipinski definition) is 3. The maximum atomic E-state index is 9.49. The van der Waals surface area contributed by atoms with Crippen LogP contribution in [0.3, 0.4) is 0 Å². The topological polar surface area (TPSA) is 64.2 Å². The van der Waals surface area contributed by atoms with Crippen molar-refractivity contribution >= 4 is 11.6 Å². The molecule has 0 radical (unpaired) electrons. The van der Waals surface area contributed by atoms with Gasteiger partial charge in [0, 0.05) is 10.6 Å². The predicted molar refractivity (Wildman–Crippen MR) is 64.9 cm³/mol. The summed E-state index contributed by atoms with van der Waals surface area (Å²) in [4.78, 5) is 0. The van der Waals surface area contributed by atoms with E-state index in [4.69, 9.17) is 16.9 Å². The van der Waals surface area contributed by atoms with Gasteiger partial charge in [0.15, 0.2) is 0 Å². The molecule has 0 aliphatic rings. The summed E-state index contributed by atoms with van der Waals surface area (Å²) in [6.07, 6.45) is 0. The Morgan fingerprint density at radius 2 is 1.76 bits per heavy atom. The molecule has 0 amide bonds. The van der Waals surface area contributed by atoms with Crippen molar-refractivity contribution < 1.29 is 10.2 Å². The fourth-order valence-corrected chi connectivity index (χ4v) is 1.79. The van der Waals surface area contributed by atoms with Gasteiger partial charge in [-0.2, -0.15) is 5.26 Å². The highest BCUT2D eigenvalue weighted by Gasteiger charge is 2.07. The van der Waals surface area contributed by atoms with E-state index >= 15 is 0 Å². The molecule has 0 aromatic heterocycles. The summed E-state index contributed by atoms with van der Waals surface area (Å²) in [5, 5.41) is 28.2. The molecule has 0 aliphatic heterocycles. The Balaban J connectivity index is 2.64. The molecule has 2 rings (SSSR count). The van der Waals surface area contributed by atoms with Crippen LogP contribution >= 0.6 is 11.6 Å². The second-order valence-corrected chi connectivity index (χ2v) is 3.95. The number of phenols is 2. The van der Waals surface area contributed by atoms with Gasteiger partial charge in [-0.3, -0.25) is 0 Å². The van der Waals surface area contributed by atoms with Crippen molar-refractivity contribution in [3.63, 3.8) is 0 Å². The lowest BCUT2D eigenvalue weighted by atomic mass is 10.0. The lowest BCUT2D eigenvalue weighted by molar-refractivity contribution is 0.474. The molecule has 0 atom stereocenters. The summed E-state index contributed by atoms with van der Waals surface area (Å²) >= 11 is 6.00. The number of aromatic hydroxyl groups is 2. The number of benzene rings is 2. The summed E-state index contributed by atoms with van der Waals surface area (Å²) in [6, 6.07) is 10.9. The second kappa shape index (κ2) is 4.36. The molecule has 0 bridgehead atoms. The molecule has 0 heterocycles. The Bertz CT molecular complexity index is 617. The number of phenolic OH excluding ortho intramolecular Hbond substituents is 2. The highest BCUT2D eigenvalue weighted by molar-refractivity contribution is 6.33. The van der Waals surface area contributed by atoms with Crippen LogP contribution in [0.5, 0.6) is 11.5 Å². The van der Waals surface area contributed by atoms with Gasteiger partial charge in [-0.25, -0.2) is 0 Å². The van der Waals surface area contributed by atoms with Crippen LogP contribution in [0.15, 0.2) is 36.4 Å². The molecular formula is C13H8ClNO2. The molecule has 0 aliphatic carbocycles. The fourth-order valence-electron chi connectivity index (χ4n) is 1.57. The van der Waals surface area contributed by atoms with Gasteiger partial charge in [-0.05, 0) is 42.0 Å². The largest absolute Gasteiger partial charge is 0.508 e. The fraction of sp³-hybridized carbons (Fsp3) is 0. The minimum atomic E-state index is -0.0153. The normalized spacial score (nSPS) is 9.88. The van der Waals surface area contributed by atoms with Crippen molar-refractivity contribution in [1.82, 2.24) is 0 Å². The van der Waals surface area contributed by atoms with E-state index in [1.807, 2.05) is 6.07 Å². The van der Waals surface area contributed by atoms with E-state index in [-0.39, 0.29) is 11.5 Å². The van der Waals surface area contributed by atoms with Crippen LogP contribution in [0.25, 0.3) is 11.1 Å². The Hall–Kier alpha value is -2.18. The minimum Gasteiger partial charge on any atom is -0.508 e. The first-order valence-electron chi connectivity index (χ1n) is 4.83. The summed E-state index contributed by atoms with van der Waals surface area (Å²) in [6.45, 7) is 0. The van der Waals surface area contributed by atoms with Gasteiger partial charge in [0.25, 0.3) is 0 Å². The molecule has 3 nitrogen and oxygen atoms in total. The number of halogens is 1. The standard InChI is InChI=1S/C13H8ClNO2/c14-13-2-1-10(16)6-12(13)9-3-8(7-15)4-11(17)5-9/h1-6,16-17H. The highest BCUT2D eigenvalue weighted by atomic mass is 35.5. The van der Waals surface area contributed by atoms with Crippen molar-refractivity contribution in [2.24, 2.45) is 0 Å². The van der Waals surface area contributed by atoms with Crippen LogP contribution in [0.2, 0.25) is 5.02 Å². The van der Waals surface area contributed by atoms with Gasteiger partial charge >= 0.3 is 0 Å². The van der Waals surface area contributed by atoms with E-state index in [1.165, 1.54) is 24.3 Å². The number of hydrogen-bond donors (Lipinski definition) is 2. The van der Waals surface area contributed by atoms with Gasteiger partial charge < -0.3 is 10.2 Å². The van der Waals surface area contributed by atoms with Crippen LogP contribution in [0, 0.1) is 11.3 Å². The Kier molecular flexibility index (Phi) is 2.90. The van der Waals surface area contributed by atoms with Gasteiger partial charge in [0.2, 0.25) is 0 Å². The van der Waals surface area contributed by atoms with E-state index < -0.39 is 0 Å². The van der Waals surface area contributed by atoms with E-state index in [0.29, 0.717) is 21.7 Å². The van der Waals surface area contributed by atoms with Gasteiger partial charge in [-0.15, -0.1) is 0 Å². The van der Waals surface area contributed by atoms with Crippen LogP contribution in [0.4, 0.5) is 0 Å². The van der Waals surface area contributed by atoms with Crippen LogP contribution in [-0.2, 0) is 0 Å². The monoisotopic (exact) mass is 245 g/mol. The van der Waals surface area contributed by atoms with Crippen molar-refractivity contribution in [2.75, 3.05) is 0 Å². The summed E-state index contributed by atoms with van der Waals surface area (Å²) in [5.41, 5.74) is 1.49.